The zero-order valence-corrected chi connectivity index (χ0v) is 19.3. The molecule has 0 spiro atoms. The Morgan fingerprint density at radius 3 is 2.62 bits per heavy atom. The lowest BCUT2D eigenvalue weighted by Gasteiger charge is -2.40. The smallest absolute Gasteiger partial charge is 0.312 e. The average molecular weight is 454 g/mol. The van der Waals surface area contributed by atoms with Crippen molar-refractivity contribution in [2.24, 2.45) is 5.41 Å². The van der Waals surface area contributed by atoms with E-state index in [9.17, 15) is 10.1 Å². The topological polar surface area (TPSA) is 75.5 Å². The molecule has 0 unspecified atom stereocenters. The van der Waals surface area contributed by atoms with E-state index in [2.05, 4.69) is 25.4 Å². The molecule has 1 fully saturated rings. The van der Waals surface area contributed by atoms with E-state index in [1.165, 1.54) is 7.11 Å². The largest absolute Gasteiger partial charge is 0.469 e. The summed E-state index contributed by atoms with van der Waals surface area (Å²) in [6.45, 7) is 10.1. The molecule has 0 radical (unpaired) electrons. The van der Waals surface area contributed by atoms with Gasteiger partial charge in [0.05, 0.1) is 42.8 Å². The number of aromatic nitrogens is 2. The number of esters is 1. The molecule has 0 saturated carbocycles. The van der Waals surface area contributed by atoms with Crippen molar-refractivity contribution in [2.75, 3.05) is 20.2 Å². The van der Waals surface area contributed by atoms with E-state index in [1.54, 1.807) is 6.07 Å². The van der Waals surface area contributed by atoms with Crippen LogP contribution in [-0.2, 0) is 29.0 Å². The van der Waals surface area contributed by atoms with Crippen LogP contribution in [0.4, 0.5) is 5.69 Å². The summed E-state index contributed by atoms with van der Waals surface area (Å²) in [6, 6.07) is 17.3. The van der Waals surface area contributed by atoms with Gasteiger partial charge in [0.1, 0.15) is 0 Å². The number of hydrogen-bond donors (Lipinski definition) is 0. The highest BCUT2D eigenvalue weighted by atomic mass is 16.5. The molecular weight excluding hydrogens is 426 g/mol. The van der Waals surface area contributed by atoms with Crippen LogP contribution in [0.15, 0.2) is 61.1 Å². The summed E-state index contributed by atoms with van der Waals surface area (Å²) in [5, 5.41) is 9.22. The molecule has 3 aromatic rings. The third-order valence-electron chi connectivity index (χ3n) is 6.63. The summed E-state index contributed by atoms with van der Waals surface area (Å²) in [4.78, 5) is 23.0. The number of nitrogens with zero attached hydrogens (tertiary/aromatic N) is 5. The fourth-order valence-corrected chi connectivity index (χ4v) is 4.67. The molecule has 0 N–H and O–H groups in total. The van der Waals surface area contributed by atoms with E-state index in [0.29, 0.717) is 37.1 Å². The fourth-order valence-electron chi connectivity index (χ4n) is 4.67. The number of likely N-dealkylation sites (tertiary alicyclic amines) is 1. The summed E-state index contributed by atoms with van der Waals surface area (Å²) < 4.78 is 7.34. The van der Waals surface area contributed by atoms with Crippen LogP contribution in [0.1, 0.15) is 35.2 Å². The molecule has 1 saturated heterocycles. The van der Waals surface area contributed by atoms with E-state index in [0.717, 1.165) is 36.5 Å². The number of methoxy groups -OCH3 is 1. The quantitative estimate of drug-likeness (QED) is 0.393. The number of imidazole rings is 1. The monoisotopic (exact) mass is 453 g/mol. The minimum absolute atomic E-state index is 0.178. The van der Waals surface area contributed by atoms with Gasteiger partial charge < -0.3 is 9.30 Å². The Labute approximate surface area is 200 Å². The first-order chi connectivity index (χ1) is 16.5. The van der Waals surface area contributed by atoms with Gasteiger partial charge in [-0.1, -0.05) is 36.4 Å². The minimum Gasteiger partial charge on any atom is -0.469 e. The van der Waals surface area contributed by atoms with Gasteiger partial charge in [0.25, 0.3) is 0 Å². The van der Waals surface area contributed by atoms with Gasteiger partial charge in [0.15, 0.2) is 5.69 Å². The number of carbonyl (C=O) groups is 1. The van der Waals surface area contributed by atoms with Crippen LogP contribution in [0.2, 0.25) is 0 Å². The molecule has 0 aliphatic carbocycles. The highest BCUT2D eigenvalue weighted by Crippen LogP contribution is 2.37. The molecule has 0 amide bonds. The fraction of sp³-hybridized carbons (Fsp3) is 0.333. The highest BCUT2D eigenvalue weighted by Gasteiger charge is 2.42. The van der Waals surface area contributed by atoms with Crippen molar-refractivity contribution in [3.8, 4) is 6.07 Å². The van der Waals surface area contributed by atoms with Gasteiger partial charge in [-0.2, -0.15) is 5.26 Å². The van der Waals surface area contributed by atoms with Crippen molar-refractivity contribution in [1.82, 2.24) is 14.5 Å². The van der Waals surface area contributed by atoms with Crippen molar-refractivity contribution in [3.05, 3.63) is 94.9 Å². The molecule has 1 aromatic heterocycles. The minimum atomic E-state index is -0.579. The van der Waals surface area contributed by atoms with Crippen LogP contribution < -0.4 is 0 Å². The second kappa shape index (κ2) is 10.3. The Balaban J connectivity index is 1.42. The third-order valence-corrected chi connectivity index (χ3v) is 6.63. The van der Waals surface area contributed by atoms with Crippen LogP contribution in [0, 0.1) is 23.3 Å². The zero-order valence-electron chi connectivity index (χ0n) is 19.3. The molecule has 1 aliphatic rings. The molecule has 1 aliphatic heterocycles. The average Bonchev–Trinajstić information content (AvgIpc) is 3.31. The van der Waals surface area contributed by atoms with Gasteiger partial charge in [-0.05, 0) is 55.6 Å². The number of hydrogen-bond acceptors (Lipinski definition) is 5. The maximum Gasteiger partial charge on any atom is 0.312 e. The first-order valence-corrected chi connectivity index (χ1v) is 11.3. The zero-order chi connectivity index (χ0) is 24.0. The van der Waals surface area contributed by atoms with Crippen LogP contribution in [0.25, 0.3) is 4.85 Å². The normalized spacial score (nSPS) is 15.3. The van der Waals surface area contributed by atoms with Crippen LogP contribution in [-0.4, -0.2) is 40.6 Å². The Morgan fingerprint density at radius 2 is 1.94 bits per heavy atom. The molecule has 7 nitrogen and oxygen atoms in total. The predicted octanol–water partition coefficient (Wildman–Crippen LogP) is 4.35. The number of rotatable bonds is 7. The summed E-state index contributed by atoms with van der Waals surface area (Å²) in [5.41, 5.74) is 3.88. The van der Waals surface area contributed by atoms with Gasteiger partial charge in [-0.25, -0.2) is 9.83 Å². The molecule has 7 heteroatoms. The van der Waals surface area contributed by atoms with Crippen LogP contribution >= 0.6 is 0 Å². The maximum absolute atomic E-state index is 12.8. The Bertz CT molecular complexity index is 1220. The van der Waals surface area contributed by atoms with E-state index in [4.69, 9.17) is 11.3 Å². The maximum atomic E-state index is 12.8. The molecule has 0 bridgehead atoms. The van der Waals surface area contributed by atoms with Crippen molar-refractivity contribution < 1.29 is 9.53 Å². The van der Waals surface area contributed by atoms with Gasteiger partial charge >= 0.3 is 5.97 Å². The van der Waals surface area contributed by atoms with E-state index in [1.807, 2.05) is 55.0 Å². The first kappa shape index (κ1) is 23.2. The summed E-state index contributed by atoms with van der Waals surface area (Å²) in [6.07, 6.45) is 5.69. The lowest BCUT2D eigenvalue weighted by Crippen LogP contribution is -2.46. The molecule has 34 heavy (non-hydrogen) atoms. The highest BCUT2D eigenvalue weighted by molar-refractivity contribution is 5.77. The summed E-state index contributed by atoms with van der Waals surface area (Å²) in [7, 11) is 1.45. The Hall–Kier alpha value is -3.94. The van der Waals surface area contributed by atoms with Crippen molar-refractivity contribution in [3.63, 3.8) is 0 Å². The van der Waals surface area contributed by atoms with E-state index < -0.39 is 5.41 Å². The third kappa shape index (κ3) is 5.17. The van der Waals surface area contributed by atoms with Crippen molar-refractivity contribution >= 4 is 11.7 Å². The molecular formula is C27H27N5O2. The molecule has 2 heterocycles. The van der Waals surface area contributed by atoms with Gasteiger partial charge in [0, 0.05) is 19.3 Å². The Kier molecular flexibility index (Phi) is 7.06. The van der Waals surface area contributed by atoms with Crippen LogP contribution in [0.5, 0.6) is 0 Å². The SMILES string of the molecule is [C-]#[N+]c1ccc(Cn2cncc2CN2CCC(Cc3cccc(C#N)c3)(C(=O)OC)CC2)cc1. The Morgan fingerprint density at radius 1 is 1.18 bits per heavy atom. The van der Waals surface area contributed by atoms with Gasteiger partial charge in [-0.3, -0.25) is 9.69 Å². The molecule has 4 rings (SSSR count). The molecule has 0 atom stereocenters. The van der Waals surface area contributed by atoms with E-state index in [-0.39, 0.29) is 5.97 Å². The summed E-state index contributed by atoms with van der Waals surface area (Å²) in [5.74, 6) is -0.178. The van der Waals surface area contributed by atoms with E-state index >= 15 is 0 Å². The van der Waals surface area contributed by atoms with Crippen LogP contribution in [0.3, 0.4) is 0 Å². The molecule has 172 valence electrons. The second-order valence-electron chi connectivity index (χ2n) is 8.83. The number of ether oxygens (including phenoxy) is 1. The lowest BCUT2D eigenvalue weighted by molar-refractivity contribution is -0.156. The predicted molar refractivity (Wildman–Crippen MR) is 128 cm³/mol. The molecule has 2 aromatic carbocycles. The number of nitriles is 1. The number of piperidine rings is 1. The standard InChI is InChI=1S/C27H27N5O2/c1-29-24-8-6-21(7-9-24)18-32-20-30-17-25(32)19-31-12-10-27(11-13-31,26(33)34-2)15-22-4-3-5-23(14-22)16-28/h3-9,14,17,20H,10-13,15,18-19H2,2H3. The second-order valence-corrected chi connectivity index (χ2v) is 8.83. The lowest BCUT2D eigenvalue weighted by atomic mass is 9.73. The van der Waals surface area contributed by atoms with Crippen molar-refractivity contribution in [1.29, 1.82) is 5.26 Å². The van der Waals surface area contributed by atoms with Gasteiger partial charge in [-0.15, -0.1) is 0 Å². The number of benzene rings is 2. The van der Waals surface area contributed by atoms with Gasteiger partial charge in [0.2, 0.25) is 0 Å². The number of carbonyl (C=O) groups excluding carboxylic acids is 1. The van der Waals surface area contributed by atoms with Crippen molar-refractivity contribution in [2.45, 2.75) is 32.4 Å². The summed E-state index contributed by atoms with van der Waals surface area (Å²) >= 11 is 0. The first-order valence-electron chi connectivity index (χ1n) is 11.3.